The van der Waals surface area contributed by atoms with Crippen LogP contribution in [0.15, 0.2) is 48.5 Å². The Hall–Kier alpha value is -2.97. The number of carbonyl (C=O) groups excluding carboxylic acids is 1. The molecular formula is C27H37NO7. The molecule has 2 aromatic carbocycles. The number of rotatable bonds is 7. The molecule has 0 radical (unpaired) electrons. The van der Waals surface area contributed by atoms with Gasteiger partial charge in [-0.3, -0.25) is 4.79 Å². The summed E-state index contributed by atoms with van der Waals surface area (Å²) in [4.78, 5) is 14.6. The largest absolute Gasteiger partial charge is 0.487 e. The molecule has 0 N–H and O–H groups in total. The Labute approximate surface area is 208 Å². The minimum atomic E-state index is -0.485. The van der Waals surface area contributed by atoms with E-state index in [0.29, 0.717) is 62.5 Å². The van der Waals surface area contributed by atoms with E-state index in [-0.39, 0.29) is 25.7 Å². The first-order chi connectivity index (χ1) is 17.2. The molecule has 0 bridgehead atoms. The molecule has 0 fully saturated rings. The van der Waals surface area contributed by atoms with Gasteiger partial charge in [-0.1, -0.05) is 38.1 Å². The minimum absolute atomic E-state index is 0.0340. The summed E-state index contributed by atoms with van der Waals surface area (Å²) in [5.41, 5.74) is 0. The van der Waals surface area contributed by atoms with Crippen molar-refractivity contribution in [2.45, 2.75) is 32.8 Å². The first-order valence-electron chi connectivity index (χ1n) is 12.4. The first kappa shape index (κ1) is 26.6. The lowest BCUT2D eigenvalue weighted by Gasteiger charge is -2.24. The van der Waals surface area contributed by atoms with E-state index in [1.165, 1.54) is 0 Å². The van der Waals surface area contributed by atoms with Gasteiger partial charge < -0.3 is 33.3 Å². The van der Waals surface area contributed by atoms with E-state index in [9.17, 15) is 4.79 Å². The van der Waals surface area contributed by atoms with Crippen LogP contribution in [-0.4, -0.2) is 76.2 Å². The standard InChI is InChI=1S/C27H37NO7/c1-3-13-28(14-4-2)27(29)21-33-22-19-34-25-11-7-5-9-23(25)31-17-15-30-16-18-32-24-10-6-8-12-26(24)35-20-22/h5-12,22H,3-4,13-21H2,1-2H3. The second-order valence-electron chi connectivity index (χ2n) is 8.14. The highest BCUT2D eigenvalue weighted by Crippen LogP contribution is 2.28. The molecule has 1 aliphatic heterocycles. The Kier molecular flexibility index (Phi) is 11.5. The number of ether oxygens (including phenoxy) is 6. The summed E-state index contributed by atoms with van der Waals surface area (Å²) in [6.45, 7) is 7.52. The zero-order chi connectivity index (χ0) is 24.7. The fraction of sp³-hybridized carbons (Fsp3) is 0.519. The highest BCUT2D eigenvalue weighted by molar-refractivity contribution is 5.77. The average Bonchev–Trinajstić information content (AvgIpc) is 2.88. The van der Waals surface area contributed by atoms with Crippen molar-refractivity contribution in [1.82, 2.24) is 4.90 Å². The summed E-state index contributed by atoms with van der Waals surface area (Å²) in [6.07, 6.45) is 1.32. The van der Waals surface area contributed by atoms with Crippen LogP contribution in [0.2, 0.25) is 0 Å². The van der Waals surface area contributed by atoms with Gasteiger partial charge in [0, 0.05) is 13.1 Å². The van der Waals surface area contributed by atoms with E-state index < -0.39 is 6.10 Å². The molecule has 192 valence electrons. The summed E-state index contributed by atoms with van der Waals surface area (Å²) in [5.74, 6) is 2.41. The predicted octanol–water partition coefficient (Wildman–Crippen LogP) is 3.97. The molecule has 8 nitrogen and oxygen atoms in total. The quantitative estimate of drug-likeness (QED) is 0.585. The molecule has 1 amide bonds. The van der Waals surface area contributed by atoms with Crippen LogP contribution in [0.3, 0.4) is 0 Å². The average molecular weight is 488 g/mol. The number of carbonyl (C=O) groups is 1. The first-order valence-corrected chi connectivity index (χ1v) is 12.4. The maximum atomic E-state index is 12.8. The molecule has 0 atom stereocenters. The van der Waals surface area contributed by atoms with Crippen LogP contribution in [0.25, 0.3) is 0 Å². The zero-order valence-electron chi connectivity index (χ0n) is 20.8. The Morgan fingerprint density at radius 1 is 0.771 bits per heavy atom. The summed E-state index contributed by atoms with van der Waals surface area (Å²) < 4.78 is 35.4. The van der Waals surface area contributed by atoms with Crippen molar-refractivity contribution in [2.24, 2.45) is 0 Å². The molecule has 0 saturated heterocycles. The molecule has 2 aromatic rings. The van der Waals surface area contributed by atoms with E-state index in [1.54, 1.807) is 0 Å². The summed E-state index contributed by atoms with van der Waals surface area (Å²) in [7, 11) is 0. The van der Waals surface area contributed by atoms with Crippen LogP contribution >= 0.6 is 0 Å². The van der Waals surface area contributed by atoms with Crippen molar-refractivity contribution in [3.8, 4) is 23.0 Å². The summed E-state index contributed by atoms with van der Waals surface area (Å²) >= 11 is 0. The fourth-order valence-electron chi connectivity index (χ4n) is 3.59. The van der Waals surface area contributed by atoms with E-state index in [2.05, 4.69) is 13.8 Å². The second-order valence-corrected chi connectivity index (χ2v) is 8.14. The molecule has 0 unspecified atom stereocenters. The molecule has 1 aliphatic rings. The minimum Gasteiger partial charge on any atom is -0.487 e. The third-order valence-electron chi connectivity index (χ3n) is 5.30. The third-order valence-corrected chi connectivity index (χ3v) is 5.30. The van der Waals surface area contributed by atoms with Gasteiger partial charge in [-0.25, -0.2) is 0 Å². The van der Waals surface area contributed by atoms with E-state index >= 15 is 0 Å². The summed E-state index contributed by atoms with van der Waals surface area (Å²) in [6, 6.07) is 14.9. The molecular weight excluding hydrogens is 450 g/mol. The van der Waals surface area contributed by atoms with Crippen molar-refractivity contribution < 1.29 is 33.2 Å². The topological polar surface area (TPSA) is 75.7 Å². The van der Waals surface area contributed by atoms with Crippen LogP contribution < -0.4 is 18.9 Å². The number of nitrogens with zero attached hydrogens (tertiary/aromatic N) is 1. The Bertz CT molecular complexity index is 830. The normalized spacial score (nSPS) is 15.4. The van der Waals surface area contributed by atoms with Crippen LogP contribution in [0, 0.1) is 0 Å². The van der Waals surface area contributed by atoms with Gasteiger partial charge in [0.1, 0.15) is 39.1 Å². The monoisotopic (exact) mass is 487 g/mol. The van der Waals surface area contributed by atoms with E-state index in [4.69, 9.17) is 28.4 Å². The Balaban J connectivity index is 1.72. The van der Waals surface area contributed by atoms with Crippen molar-refractivity contribution in [3.05, 3.63) is 48.5 Å². The van der Waals surface area contributed by atoms with Crippen LogP contribution in [0.4, 0.5) is 0 Å². The number of hydrogen-bond acceptors (Lipinski definition) is 7. The van der Waals surface area contributed by atoms with Crippen LogP contribution in [0.1, 0.15) is 26.7 Å². The van der Waals surface area contributed by atoms with Gasteiger partial charge in [0.2, 0.25) is 5.91 Å². The molecule has 0 aromatic heterocycles. The highest BCUT2D eigenvalue weighted by Gasteiger charge is 2.19. The molecule has 0 aliphatic carbocycles. The highest BCUT2D eigenvalue weighted by atomic mass is 16.6. The molecule has 8 heteroatoms. The second kappa shape index (κ2) is 15.1. The van der Waals surface area contributed by atoms with Crippen LogP contribution in [0.5, 0.6) is 23.0 Å². The van der Waals surface area contributed by atoms with Crippen molar-refractivity contribution in [2.75, 3.05) is 59.3 Å². The molecule has 0 saturated carbocycles. The van der Waals surface area contributed by atoms with Gasteiger partial charge in [-0.15, -0.1) is 0 Å². The smallest absolute Gasteiger partial charge is 0.248 e. The maximum absolute atomic E-state index is 12.8. The van der Waals surface area contributed by atoms with Crippen LogP contribution in [-0.2, 0) is 14.3 Å². The van der Waals surface area contributed by atoms with Crippen molar-refractivity contribution in [3.63, 3.8) is 0 Å². The van der Waals surface area contributed by atoms with Gasteiger partial charge in [-0.2, -0.15) is 0 Å². The number of amides is 1. The third kappa shape index (κ3) is 8.96. The lowest BCUT2D eigenvalue weighted by atomic mass is 10.3. The zero-order valence-corrected chi connectivity index (χ0v) is 20.8. The predicted molar refractivity (Wildman–Crippen MR) is 133 cm³/mol. The van der Waals surface area contributed by atoms with Gasteiger partial charge >= 0.3 is 0 Å². The van der Waals surface area contributed by atoms with Gasteiger partial charge in [0.05, 0.1) is 13.2 Å². The SMILES string of the molecule is CCCN(CCC)C(=O)COC1COc2ccccc2OCCOCCOc2ccccc2OC1. The fourth-order valence-corrected chi connectivity index (χ4v) is 3.59. The molecule has 3 rings (SSSR count). The molecule has 1 heterocycles. The van der Waals surface area contributed by atoms with Gasteiger partial charge in [0.25, 0.3) is 0 Å². The Morgan fingerprint density at radius 3 is 1.69 bits per heavy atom. The summed E-state index contributed by atoms with van der Waals surface area (Å²) in [5, 5.41) is 0. The lowest BCUT2D eigenvalue weighted by molar-refractivity contribution is -0.139. The molecule has 35 heavy (non-hydrogen) atoms. The van der Waals surface area contributed by atoms with E-state index in [1.807, 2.05) is 53.4 Å². The Morgan fingerprint density at radius 2 is 1.23 bits per heavy atom. The maximum Gasteiger partial charge on any atom is 0.248 e. The van der Waals surface area contributed by atoms with Crippen molar-refractivity contribution in [1.29, 1.82) is 0 Å². The lowest BCUT2D eigenvalue weighted by Crippen LogP contribution is -2.38. The number of para-hydroxylation sites is 4. The number of fused-ring (bicyclic) bond motifs is 2. The van der Waals surface area contributed by atoms with Crippen molar-refractivity contribution >= 4 is 5.91 Å². The molecule has 0 spiro atoms. The van der Waals surface area contributed by atoms with Gasteiger partial charge in [-0.05, 0) is 37.1 Å². The van der Waals surface area contributed by atoms with Gasteiger partial charge in [0.15, 0.2) is 23.0 Å². The number of hydrogen-bond donors (Lipinski definition) is 0. The number of benzene rings is 2. The van der Waals surface area contributed by atoms with E-state index in [0.717, 1.165) is 12.8 Å².